The first-order chi connectivity index (χ1) is 11.8. The number of hydrogen-bond donors (Lipinski definition) is 1. The molecule has 1 N–H and O–H groups in total. The van der Waals surface area contributed by atoms with Crippen molar-refractivity contribution in [2.75, 3.05) is 13.1 Å². The zero-order chi connectivity index (χ0) is 18.4. The molecule has 1 amide bonds. The van der Waals surface area contributed by atoms with Gasteiger partial charge < -0.3 is 5.32 Å². The molecule has 0 saturated carbocycles. The van der Waals surface area contributed by atoms with E-state index in [-0.39, 0.29) is 12.5 Å². The fourth-order valence-corrected chi connectivity index (χ4v) is 5.44. The Labute approximate surface area is 157 Å². The molecule has 0 spiro atoms. The lowest BCUT2D eigenvalue weighted by Crippen LogP contribution is -2.30. The number of nitrogens with one attached hydrogen (secondary N) is 1. The normalized spacial score (nSPS) is 11.7. The summed E-state index contributed by atoms with van der Waals surface area (Å²) < 4.78 is 27.5. The average molecular weight is 401 g/mol. The van der Waals surface area contributed by atoms with Crippen LogP contribution in [0.1, 0.15) is 24.3 Å². The van der Waals surface area contributed by atoms with Crippen LogP contribution in [0.25, 0.3) is 0 Å². The van der Waals surface area contributed by atoms with Crippen LogP contribution in [0.2, 0.25) is 5.02 Å². The molecule has 0 aliphatic heterocycles. The Hall–Kier alpha value is -1.41. The average Bonchev–Trinajstić information content (AvgIpc) is 3.03. The Morgan fingerprint density at radius 2 is 1.96 bits per heavy atom. The van der Waals surface area contributed by atoms with Crippen LogP contribution < -0.4 is 5.32 Å². The zero-order valence-corrected chi connectivity index (χ0v) is 16.5. The minimum Gasteiger partial charge on any atom is -0.356 e. The number of carbonyl (C=O) groups excluding carboxylic acids is 1. The van der Waals surface area contributed by atoms with Gasteiger partial charge in [0.15, 0.2) is 0 Å². The first-order valence-electron chi connectivity index (χ1n) is 7.91. The van der Waals surface area contributed by atoms with Crippen molar-refractivity contribution < 1.29 is 13.2 Å². The summed E-state index contributed by atoms with van der Waals surface area (Å²) in [7, 11) is -3.58. The Bertz CT molecular complexity index is 834. The predicted octanol–water partition coefficient (Wildman–Crippen LogP) is 3.29. The van der Waals surface area contributed by atoms with E-state index in [0.717, 1.165) is 10.4 Å². The van der Waals surface area contributed by atoms with Crippen molar-refractivity contribution in [2.45, 2.75) is 31.0 Å². The van der Waals surface area contributed by atoms with Crippen LogP contribution in [0.4, 0.5) is 0 Å². The van der Waals surface area contributed by atoms with E-state index in [1.807, 2.05) is 18.2 Å². The SMILES string of the molecule is CCN(Cc1ccccc1Cl)S(=O)(=O)c1ccc(CCNC(C)=O)s1. The first-order valence-corrected chi connectivity index (χ1v) is 10.5. The largest absolute Gasteiger partial charge is 0.356 e. The lowest BCUT2D eigenvalue weighted by molar-refractivity contribution is -0.118. The van der Waals surface area contributed by atoms with Gasteiger partial charge in [0.25, 0.3) is 10.0 Å². The number of amides is 1. The van der Waals surface area contributed by atoms with Crippen molar-refractivity contribution in [1.29, 1.82) is 0 Å². The van der Waals surface area contributed by atoms with E-state index >= 15 is 0 Å². The van der Waals surface area contributed by atoms with Gasteiger partial charge >= 0.3 is 0 Å². The van der Waals surface area contributed by atoms with E-state index in [1.54, 1.807) is 25.1 Å². The molecule has 0 aliphatic rings. The Morgan fingerprint density at radius 3 is 2.60 bits per heavy atom. The number of halogens is 1. The molecule has 8 heteroatoms. The summed E-state index contributed by atoms with van der Waals surface area (Å²) in [6, 6.07) is 10.7. The third-order valence-electron chi connectivity index (χ3n) is 3.63. The van der Waals surface area contributed by atoms with Gasteiger partial charge in [0.05, 0.1) is 0 Å². The maximum Gasteiger partial charge on any atom is 0.252 e. The van der Waals surface area contributed by atoms with E-state index in [4.69, 9.17) is 11.6 Å². The number of thiophene rings is 1. The third-order valence-corrected chi connectivity index (χ3v) is 7.54. The number of rotatable bonds is 8. The van der Waals surface area contributed by atoms with E-state index in [2.05, 4.69) is 5.32 Å². The molecule has 2 aromatic rings. The van der Waals surface area contributed by atoms with E-state index in [0.29, 0.717) is 28.7 Å². The second kappa shape index (κ2) is 8.80. The van der Waals surface area contributed by atoms with Gasteiger partial charge in [-0.15, -0.1) is 11.3 Å². The maximum absolute atomic E-state index is 12.9. The molecule has 2 rings (SSSR count). The highest BCUT2D eigenvalue weighted by molar-refractivity contribution is 7.91. The highest BCUT2D eigenvalue weighted by Gasteiger charge is 2.25. The molecular weight excluding hydrogens is 380 g/mol. The van der Waals surface area contributed by atoms with Crippen molar-refractivity contribution in [1.82, 2.24) is 9.62 Å². The molecular formula is C17H21ClN2O3S2. The summed E-state index contributed by atoms with van der Waals surface area (Å²) in [5.41, 5.74) is 0.775. The third kappa shape index (κ3) is 5.28. The number of nitrogens with zero attached hydrogens (tertiary/aromatic N) is 1. The molecule has 0 bridgehead atoms. The lowest BCUT2D eigenvalue weighted by atomic mass is 10.2. The number of hydrogen-bond acceptors (Lipinski definition) is 4. The van der Waals surface area contributed by atoms with Crippen LogP contribution >= 0.6 is 22.9 Å². The second-order valence-electron chi connectivity index (χ2n) is 5.48. The van der Waals surface area contributed by atoms with Gasteiger partial charge in [0.1, 0.15) is 4.21 Å². The summed E-state index contributed by atoms with van der Waals surface area (Å²) in [6.07, 6.45) is 0.608. The summed E-state index contributed by atoms with van der Waals surface area (Å²) >= 11 is 7.39. The van der Waals surface area contributed by atoms with Crippen molar-refractivity contribution in [3.63, 3.8) is 0 Å². The predicted molar refractivity (Wildman–Crippen MR) is 101 cm³/mol. The van der Waals surface area contributed by atoms with Gasteiger partial charge in [0.2, 0.25) is 5.91 Å². The monoisotopic (exact) mass is 400 g/mol. The Morgan fingerprint density at radius 1 is 1.24 bits per heavy atom. The molecule has 136 valence electrons. The molecule has 1 heterocycles. The zero-order valence-electron chi connectivity index (χ0n) is 14.2. The van der Waals surface area contributed by atoms with Gasteiger partial charge in [-0.25, -0.2) is 8.42 Å². The van der Waals surface area contributed by atoms with Crippen molar-refractivity contribution >= 4 is 38.9 Å². The fraction of sp³-hybridized carbons (Fsp3) is 0.353. The highest BCUT2D eigenvalue weighted by Crippen LogP contribution is 2.27. The topological polar surface area (TPSA) is 66.5 Å². The van der Waals surface area contributed by atoms with Crippen molar-refractivity contribution in [2.24, 2.45) is 0 Å². The molecule has 0 atom stereocenters. The molecule has 0 fully saturated rings. The van der Waals surface area contributed by atoms with Crippen molar-refractivity contribution in [3.8, 4) is 0 Å². The van der Waals surface area contributed by atoms with E-state index in [9.17, 15) is 13.2 Å². The van der Waals surface area contributed by atoms with Crippen LogP contribution in [-0.4, -0.2) is 31.7 Å². The molecule has 0 unspecified atom stereocenters. The minimum absolute atomic E-state index is 0.0960. The van der Waals surface area contributed by atoms with Crippen LogP contribution in [0.5, 0.6) is 0 Å². The van der Waals surface area contributed by atoms with Gasteiger partial charge in [-0.1, -0.05) is 36.7 Å². The summed E-state index contributed by atoms with van der Waals surface area (Å²) in [6.45, 7) is 4.34. The molecule has 1 aromatic carbocycles. The standard InChI is InChI=1S/C17H21ClN2O3S2/c1-3-20(12-14-6-4-5-7-16(14)18)25(22,23)17-9-8-15(24-17)10-11-19-13(2)21/h4-9H,3,10-12H2,1-2H3,(H,19,21). The van der Waals surface area contributed by atoms with E-state index in [1.165, 1.54) is 22.6 Å². The first kappa shape index (κ1) is 19.9. The van der Waals surface area contributed by atoms with Gasteiger partial charge in [-0.05, 0) is 30.2 Å². The van der Waals surface area contributed by atoms with Crippen LogP contribution in [0, 0.1) is 0 Å². The Balaban J connectivity index is 2.14. The molecule has 0 saturated heterocycles. The fourth-order valence-electron chi connectivity index (χ4n) is 2.30. The quantitative estimate of drug-likeness (QED) is 0.739. The minimum atomic E-state index is -3.58. The number of sulfonamides is 1. The highest BCUT2D eigenvalue weighted by atomic mass is 35.5. The van der Waals surface area contributed by atoms with Gasteiger partial charge in [-0.3, -0.25) is 4.79 Å². The molecule has 1 aromatic heterocycles. The maximum atomic E-state index is 12.9. The molecule has 5 nitrogen and oxygen atoms in total. The van der Waals surface area contributed by atoms with Gasteiger partial charge in [0, 0.05) is 36.5 Å². The van der Waals surface area contributed by atoms with Gasteiger partial charge in [-0.2, -0.15) is 4.31 Å². The smallest absolute Gasteiger partial charge is 0.252 e. The summed E-state index contributed by atoms with van der Waals surface area (Å²) in [5, 5.41) is 3.26. The molecule has 0 radical (unpaired) electrons. The molecule has 0 aliphatic carbocycles. The van der Waals surface area contributed by atoms with Crippen LogP contribution in [0.3, 0.4) is 0 Å². The van der Waals surface area contributed by atoms with Crippen LogP contribution in [-0.2, 0) is 27.8 Å². The summed E-state index contributed by atoms with van der Waals surface area (Å²) in [4.78, 5) is 11.8. The second-order valence-corrected chi connectivity index (χ2v) is 9.22. The Kier molecular flexibility index (Phi) is 7.01. The molecule has 25 heavy (non-hydrogen) atoms. The summed E-state index contributed by atoms with van der Waals surface area (Å²) in [5.74, 6) is -0.0960. The number of carbonyl (C=O) groups is 1. The van der Waals surface area contributed by atoms with E-state index < -0.39 is 10.0 Å². The number of benzene rings is 1. The lowest BCUT2D eigenvalue weighted by Gasteiger charge is -2.20. The van der Waals surface area contributed by atoms with Crippen LogP contribution in [0.15, 0.2) is 40.6 Å². The van der Waals surface area contributed by atoms with Crippen molar-refractivity contribution in [3.05, 3.63) is 51.9 Å².